The van der Waals surface area contributed by atoms with Gasteiger partial charge in [-0.25, -0.2) is 8.78 Å². The number of hydrogen-bond acceptors (Lipinski definition) is 4. The Balaban J connectivity index is 1.81. The lowest BCUT2D eigenvalue weighted by Crippen LogP contribution is -2.28. The highest BCUT2D eigenvalue weighted by atomic mass is 19.2. The number of para-hydroxylation sites is 2. The van der Waals surface area contributed by atoms with E-state index >= 15 is 0 Å². The standard InChI is InChI=1S/C21H19F2N3O2/c1-12(2)10-26(21-24-16-5-3-4-6-17(16)28-21)11-13-9-18(27)25-20-14(13)7-8-15(22)19(20)23/h3-9,12H,10-11H2,1-2H3,(H,25,27). The largest absolute Gasteiger partial charge is 0.423 e. The SMILES string of the molecule is CC(C)CN(Cc1cc(=O)[nH]c2c(F)c(F)ccc12)c1nc2ccccc2o1. The van der Waals surface area contributed by atoms with E-state index in [1.54, 1.807) is 0 Å². The van der Waals surface area contributed by atoms with Crippen LogP contribution in [-0.2, 0) is 6.54 Å². The number of hydrogen-bond donors (Lipinski definition) is 1. The predicted octanol–water partition coefficient (Wildman–Crippen LogP) is 4.61. The summed E-state index contributed by atoms with van der Waals surface area (Å²) in [5, 5.41) is 0.448. The molecule has 0 atom stereocenters. The van der Waals surface area contributed by atoms with Gasteiger partial charge < -0.3 is 14.3 Å². The number of benzene rings is 2. The zero-order chi connectivity index (χ0) is 19.8. The molecule has 28 heavy (non-hydrogen) atoms. The summed E-state index contributed by atoms with van der Waals surface area (Å²) in [4.78, 5) is 20.9. The lowest BCUT2D eigenvalue weighted by molar-refractivity contribution is 0.514. The van der Waals surface area contributed by atoms with Crippen LogP contribution in [0.5, 0.6) is 0 Å². The molecule has 0 saturated heterocycles. The zero-order valence-corrected chi connectivity index (χ0v) is 15.5. The van der Waals surface area contributed by atoms with E-state index in [-0.39, 0.29) is 18.0 Å². The number of oxazole rings is 1. The molecule has 144 valence electrons. The molecule has 0 bridgehead atoms. The van der Waals surface area contributed by atoms with Crippen LogP contribution in [-0.4, -0.2) is 16.5 Å². The summed E-state index contributed by atoms with van der Waals surface area (Å²) in [6, 6.07) is 11.8. The minimum absolute atomic E-state index is 0.135. The highest BCUT2D eigenvalue weighted by Crippen LogP contribution is 2.26. The quantitative estimate of drug-likeness (QED) is 0.547. The molecule has 0 aliphatic rings. The Morgan fingerprint density at radius 3 is 2.71 bits per heavy atom. The molecule has 0 fully saturated rings. The van der Waals surface area contributed by atoms with E-state index in [2.05, 4.69) is 23.8 Å². The number of nitrogens with zero attached hydrogens (tertiary/aromatic N) is 2. The van der Waals surface area contributed by atoms with Gasteiger partial charge in [-0.05, 0) is 35.7 Å². The van der Waals surface area contributed by atoms with Crippen molar-refractivity contribution in [1.82, 2.24) is 9.97 Å². The third kappa shape index (κ3) is 3.35. The van der Waals surface area contributed by atoms with E-state index < -0.39 is 17.2 Å². The van der Waals surface area contributed by atoms with Crippen LogP contribution in [0.15, 0.2) is 51.7 Å². The Morgan fingerprint density at radius 2 is 1.96 bits per heavy atom. The van der Waals surface area contributed by atoms with Gasteiger partial charge in [-0.1, -0.05) is 26.0 Å². The second-order valence-electron chi connectivity index (χ2n) is 7.18. The molecule has 0 aliphatic carbocycles. The molecule has 2 aromatic carbocycles. The van der Waals surface area contributed by atoms with E-state index in [1.165, 1.54) is 12.1 Å². The van der Waals surface area contributed by atoms with Crippen molar-refractivity contribution < 1.29 is 13.2 Å². The maximum absolute atomic E-state index is 14.2. The first kappa shape index (κ1) is 18.2. The molecule has 5 nitrogen and oxygen atoms in total. The summed E-state index contributed by atoms with van der Waals surface area (Å²) in [6.45, 7) is 5.00. The van der Waals surface area contributed by atoms with Gasteiger partial charge in [0.2, 0.25) is 5.56 Å². The molecule has 0 aliphatic heterocycles. The summed E-state index contributed by atoms with van der Waals surface area (Å²) in [6.07, 6.45) is 0. The van der Waals surface area contributed by atoms with Crippen LogP contribution in [0.1, 0.15) is 19.4 Å². The van der Waals surface area contributed by atoms with Gasteiger partial charge in [0, 0.05) is 24.5 Å². The van der Waals surface area contributed by atoms with E-state index in [0.29, 0.717) is 29.1 Å². The molecule has 0 amide bonds. The summed E-state index contributed by atoms with van der Waals surface area (Å²) in [5.41, 5.74) is 1.34. The number of fused-ring (bicyclic) bond motifs is 2. The van der Waals surface area contributed by atoms with Crippen LogP contribution in [0.4, 0.5) is 14.8 Å². The molecule has 4 rings (SSSR count). The van der Waals surface area contributed by atoms with Crippen LogP contribution < -0.4 is 10.5 Å². The van der Waals surface area contributed by atoms with Crippen molar-refractivity contribution in [2.75, 3.05) is 11.4 Å². The number of pyridine rings is 1. The maximum Gasteiger partial charge on any atom is 0.298 e. The number of anilines is 1. The topological polar surface area (TPSA) is 62.1 Å². The monoisotopic (exact) mass is 383 g/mol. The molecule has 4 aromatic rings. The van der Waals surface area contributed by atoms with Crippen LogP contribution in [0, 0.1) is 17.6 Å². The number of aromatic nitrogens is 2. The highest BCUT2D eigenvalue weighted by molar-refractivity contribution is 5.83. The van der Waals surface area contributed by atoms with Crippen molar-refractivity contribution in [1.29, 1.82) is 0 Å². The van der Waals surface area contributed by atoms with Gasteiger partial charge in [-0.2, -0.15) is 4.98 Å². The minimum atomic E-state index is -1.06. The molecule has 7 heteroatoms. The predicted molar refractivity (Wildman–Crippen MR) is 104 cm³/mol. The number of rotatable bonds is 5. The van der Waals surface area contributed by atoms with Crippen molar-refractivity contribution in [3.63, 3.8) is 0 Å². The third-order valence-electron chi connectivity index (χ3n) is 4.49. The Labute approximate surface area is 159 Å². The number of aromatic amines is 1. The van der Waals surface area contributed by atoms with Crippen LogP contribution in [0.25, 0.3) is 22.0 Å². The van der Waals surface area contributed by atoms with E-state index in [9.17, 15) is 13.6 Å². The zero-order valence-electron chi connectivity index (χ0n) is 15.5. The molecule has 1 N–H and O–H groups in total. The first-order valence-electron chi connectivity index (χ1n) is 9.03. The first-order chi connectivity index (χ1) is 13.4. The van der Waals surface area contributed by atoms with Gasteiger partial charge >= 0.3 is 0 Å². The molecular formula is C21H19F2N3O2. The Hall–Kier alpha value is -3.22. The number of H-pyrrole nitrogens is 1. The van der Waals surface area contributed by atoms with Gasteiger partial charge in [-0.15, -0.1) is 0 Å². The fourth-order valence-electron chi connectivity index (χ4n) is 3.32. The number of halogens is 2. The fraction of sp³-hybridized carbons (Fsp3) is 0.238. The molecule has 2 heterocycles. The minimum Gasteiger partial charge on any atom is -0.423 e. The normalized spacial score (nSPS) is 11.6. The molecule has 0 saturated carbocycles. The summed E-state index contributed by atoms with van der Waals surface area (Å²) >= 11 is 0. The van der Waals surface area contributed by atoms with Gasteiger partial charge in [0.25, 0.3) is 6.01 Å². The average molecular weight is 383 g/mol. The van der Waals surface area contributed by atoms with Crippen molar-refractivity contribution in [2.45, 2.75) is 20.4 Å². The Kier molecular flexibility index (Phi) is 4.58. The van der Waals surface area contributed by atoms with Gasteiger partial charge in [-0.3, -0.25) is 4.79 Å². The second-order valence-corrected chi connectivity index (χ2v) is 7.18. The first-order valence-corrected chi connectivity index (χ1v) is 9.03. The van der Waals surface area contributed by atoms with Crippen molar-refractivity contribution in [2.24, 2.45) is 5.92 Å². The van der Waals surface area contributed by atoms with Crippen LogP contribution in [0.3, 0.4) is 0 Å². The Bertz CT molecular complexity index is 1180. The van der Waals surface area contributed by atoms with E-state index in [4.69, 9.17) is 4.42 Å². The summed E-state index contributed by atoms with van der Waals surface area (Å²) < 4.78 is 33.7. The smallest absolute Gasteiger partial charge is 0.298 e. The molecule has 2 aromatic heterocycles. The van der Waals surface area contributed by atoms with E-state index in [0.717, 1.165) is 11.6 Å². The highest BCUT2D eigenvalue weighted by Gasteiger charge is 2.19. The van der Waals surface area contributed by atoms with Crippen LogP contribution >= 0.6 is 0 Å². The van der Waals surface area contributed by atoms with Crippen LogP contribution in [0.2, 0.25) is 0 Å². The molecule has 0 unspecified atom stereocenters. The van der Waals surface area contributed by atoms with Gasteiger partial charge in [0.05, 0.1) is 5.52 Å². The number of nitrogens with one attached hydrogen (secondary N) is 1. The fourth-order valence-corrected chi connectivity index (χ4v) is 3.32. The lowest BCUT2D eigenvalue weighted by Gasteiger charge is -2.23. The molecule has 0 radical (unpaired) electrons. The maximum atomic E-state index is 14.2. The van der Waals surface area contributed by atoms with Crippen molar-refractivity contribution in [3.8, 4) is 0 Å². The molecule has 0 spiro atoms. The summed E-state index contributed by atoms with van der Waals surface area (Å²) in [5.74, 6) is -1.77. The van der Waals surface area contributed by atoms with E-state index in [1.807, 2.05) is 29.2 Å². The lowest BCUT2D eigenvalue weighted by atomic mass is 10.1. The average Bonchev–Trinajstić information content (AvgIpc) is 3.08. The van der Waals surface area contributed by atoms with Crippen molar-refractivity contribution in [3.05, 3.63) is 70.0 Å². The molecular weight excluding hydrogens is 364 g/mol. The third-order valence-corrected chi connectivity index (χ3v) is 4.49. The second kappa shape index (κ2) is 7.07. The van der Waals surface area contributed by atoms with Gasteiger partial charge in [0.1, 0.15) is 5.52 Å². The Morgan fingerprint density at radius 1 is 1.18 bits per heavy atom. The summed E-state index contributed by atoms with van der Waals surface area (Å²) in [7, 11) is 0. The van der Waals surface area contributed by atoms with Gasteiger partial charge in [0.15, 0.2) is 17.2 Å². The van der Waals surface area contributed by atoms with Crippen molar-refractivity contribution >= 4 is 28.0 Å².